The van der Waals surface area contributed by atoms with Crippen molar-refractivity contribution in [1.29, 1.82) is 0 Å². The van der Waals surface area contributed by atoms with Crippen LogP contribution in [0.2, 0.25) is 0 Å². The van der Waals surface area contributed by atoms with Gasteiger partial charge >= 0.3 is 0 Å². The van der Waals surface area contributed by atoms with Crippen molar-refractivity contribution in [2.24, 2.45) is 5.41 Å². The molecule has 96 valence electrons. The van der Waals surface area contributed by atoms with Crippen LogP contribution < -0.4 is 11.1 Å². The molecule has 0 spiro atoms. The molecule has 2 heterocycles. The summed E-state index contributed by atoms with van der Waals surface area (Å²) in [4.78, 5) is 10.8. The van der Waals surface area contributed by atoms with Crippen molar-refractivity contribution in [2.45, 2.75) is 33.1 Å². The number of aromatic nitrogens is 2. The number of nitrogen functional groups attached to an aromatic ring is 1. The molecule has 0 radical (unpaired) electrons. The van der Waals surface area contributed by atoms with Crippen LogP contribution in [-0.2, 0) is 0 Å². The lowest BCUT2D eigenvalue weighted by Crippen LogP contribution is -2.15. The molecule has 0 aromatic carbocycles. The fourth-order valence-electron chi connectivity index (χ4n) is 2.30. The van der Waals surface area contributed by atoms with E-state index in [1.807, 2.05) is 0 Å². The van der Waals surface area contributed by atoms with Gasteiger partial charge in [0.1, 0.15) is 10.6 Å². The molecule has 0 amide bonds. The van der Waals surface area contributed by atoms with Gasteiger partial charge in [0.2, 0.25) is 5.95 Å². The predicted molar refractivity (Wildman–Crippen MR) is 77.0 cm³/mol. The fraction of sp³-hybridized carbons (Fsp3) is 0.538. The quantitative estimate of drug-likeness (QED) is 0.888. The molecule has 2 aromatic heterocycles. The molecule has 1 fully saturated rings. The van der Waals surface area contributed by atoms with Crippen LogP contribution in [0.15, 0.2) is 6.07 Å². The first kappa shape index (κ1) is 11.7. The van der Waals surface area contributed by atoms with Crippen molar-refractivity contribution in [3.63, 3.8) is 0 Å². The van der Waals surface area contributed by atoms with Gasteiger partial charge in [-0.1, -0.05) is 6.92 Å². The summed E-state index contributed by atoms with van der Waals surface area (Å²) in [5.74, 6) is 1.25. The molecule has 1 aliphatic rings. The second-order valence-electron chi connectivity index (χ2n) is 5.21. The highest BCUT2D eigenvalue weighted by Crippen LogP contribution is 2.48. The molecule has 0 atom stereocenters. The van der Waals surface area contributed by atoms with Crippen molar-refractivity contribution in [2.75, 3.05) is 17.6 Å². The topological polar surface area (TPSA) is 63.8 Å². The smallest absolute Gasteiger partial charge is 0.223 e. The number of hydrogen-bond acceptors (Lipinski definition) is 5. The zero-order chi connectivity index (χ0) is 12.8. The van der Waals surface area contributed by atoms with E-state index >= 15 is 0 Å². The van der Waals surface area contributed by atoms with Crippen molar-refractivity contribution in [3.8, 4) is 0 Å². The summed E-state index contributed by atoms with van der Waals surface area (Å²) in [6.45, 7) is 5.33. The minimum absolute atomic E-state index is 0.355. The Kier molecular flexibility index (Phi) is 2.66. The average molecular weight is 262 g/mol. The van der Waals surface area contributed by atoms with E-state index < -0.39 is 0 Å². The largest absolute Gasteiger partial charge is 0.369 e. The van der Waals surface area contributed by atoms with Crippen LogP contribution in [0.5, 0.6) is 0 Å². The Morgan fingerprint density at radius 1 is 1.44 bits per heavy atom. The lowest BCUT2D eigenvalue weighted by Gasteiger charge is -2.14. The van der Waals surface area contributed by atoms with Crippen LogP contribution in [0.1, 0.15) is 31.1 Å². The summed E-state index contributed by atoms with van der Waals surface area (Å²) in [6.07, 6.45) is 3.87. The molecule has 0 unspecified atom stereocenters. The molecule has 4 nitrogen and oxygen atoms in total. The minimum atomic E-state index is 0.355. The molecule has 1 saturated carbocycles. The van der Waals surface area contributed by atoms with E-state index in [2.05, 4.69) is 35.2 Å². The second kappa shape index (κ2) is 4.09. The summed E-state index contributed by atoms with van der Waals surface area (Å²) >= 11 is 1.66. The third kappa shape index (κ3) is 2.03. The van der Waals surface area contributed by atoms with E-state index in [0.29, 0.717) is 11.4 Å². The molecule has 0 bridgehead atoms. The second-order valence-corrected chi connectivity index (χ2v) is 6.45. The highest BCUT2D eigenvalue weighted by Gasteiger charge is 2.40. The monoisotopic (exact) mass is 262 g/mol. The summed E-state index contributed by atoms with van der Waals surface area (Å²) < 4.78 is 0. The Balaban J connectivity index is 1.90. The van der Waals surface area contributed by atoms with Crippen molar-refractivity contribution < 1.29 is 0 Å². The third-order valence-electron chi connectivity index (χ3n) is 3.87. The van der Waals surface area contributed by atoms with Gasteiger partial charge < -0.3 is 11.1 Å². The molecular weight excluding hydrogens is 244 g/mol. The van der Waals surface area contributed by atoms with Gasteiger partial charge in [0.05, 0.1) is 5.39 Å². The Morgan fingerprint density at radius 3 is 2.89 bits per heavy atom. The highest BCUT2D eigenvalue weighted by atomic mass is 32.1. The summed E-state index contributed by atoms with van der Waals surface area (Å²) in [5, 5.41) is 4.57. The zero-order valence-corrected chi connectivity index (χ0v) is 11.6. The van der Waals surface area contributed by atoms with E-state index in [1.165, 1.54) is 24.1 Å². The lowest BCUT2D eigenvalue weighted by molar-refractivity contribution is 0.521. The summed E-state index contributed by atoms with van der Waals surface area (Å²) in [5.41, 5.74) is 6.26. The molecule has 3 N–H and O–H groups in total. The first-order chi connectivity index (χ1) is 8.62. The van der Waals surface area contributed by atoms with Gasteiger partial charge in [-0.3, -0.25) is 0 Å². The Bertz CT molecular complexity index is 586. The Hall–Kier alpha value is -1.36. The Labute approximate surface area is 111 Å². The highest BCUT2D eigenvalue weighted by molar-refractivity contribution is 7.18. The SMILES string of the molecule is CCC1(CNc2nc(N)nc3sc(C)cc23)CC1. The fourth-order valence-corrected chi connectivity index (χ4v) is 3.18. The Morgan fingerprint density at radius 2 is 2.22 bits per heavy atom. The van der Waals surface area contributed by atoms with Gasteiger partial charge in [-0.15, -0.1) is 11.3 Å². The molecule has 0 saturated heterocycles. The van der Waals surface area contributed by atoms with Gasteiger partial charge in [-0.05, 0) is 37.7 Å². The number of nitrogens with zero attached hydrogens (tertiary/aromatic N) is 2. The number of thiophene rings is 1. The maximum atomic E-state index is 5.77. The standard InChI is InChI=1S/C13H18N4S/c1-3-13(4-5-13)7-15-10-9-6-8(2)18-11(9)17-12(14)16-10/h6H,3-5,7H2,1-2H3,(H3,14,15,16,17). The van der Waals surface area contributed by atoms with Crippen LogP contribution in [0.25, 0.3) is 10.2 Å². The molecule has 2 aromatic rings. The van der Waals surface area contributed by atoms with E-state index in [9.17, 15) is 0 Å². The van der Waals surface area contributed by atoms with Crippen LogP contribution in [-0.4, -0.2) is 16.5 Å². The molecular formula is C13H18N4S. The van der Waals surface area contributed by atoms with Crippen LogP contribution in [0.4, 0.5) is 11.8 Å². The molecule has 3 rings (SSSR count). The third-order valence-corrected chi connectivity index (χ3v) is 4.82. The molecule has 0 aliphatic heterocycles. The number of nitrogens with two attached hydrogens (primary N) is 1. The van der Waals surface area contributed by atoms with E-state index in [-0.39, 0.29) is 0 Å². The molecule has 1 aliphatic carbocycles. The van der Waals surface area contributed by atoms with E-state index in [4.69, 9.17) is 5.73 Å². The van der Waals surface area contributed by atoms with Gasteiger partial charge in [0, 0.05) is 11.4 Å². The summed E-state index contributed by atoms with van der Waals surface area (Å²) in [6, 6.07) is 2.13. The minimum Gasteiger partial charge on any atom is -0.369 e. The van der Waals surface area contributed by atoms with Crippen LogP contribution in [0.3, 0.4) is 0 Å². The van der Waals surface area contributed by atoms with Gasteiger partial charge in [-0.2, -0.15) is 4.98 Å². The normalized spacial score (nSPS) is 17.0. The number of nitrogens with one attached hydrogen (secondary N) is 1. The summed E-state index contributed by atoms with van der Waals surface area (Å²) in [7, 11) is 0. The molecule has 18 heavy (non-hydrogen) atoms. The van der Waals surface area contributed by atoms with Gasteiger partial charge in [-0.25, -0.2) is 4.98 Å². The number of aryl methyl sites for hydroxylation is 1. The zero-order valence-electron chi connectivity index (χ0n) is 10.8. The van der Waals surface area contributed by atoms with E-state index in [1.54, 1.807) is 11.3 Å². The van der Waals surface area contributed by atoms with E-state index in [0.717, 1.165) is 22.6 Å². The van der Waals surface area contributed by atoms with Gasteiger partial charge in [0.25, 0.3) is 0 Å². The number of rotatable bonds is 4. The maximum Gasteiger partial charge on any atom is 0.223 e. The number of anilines is 2. The first-order valence-corrected chi connectivity index (χ1v) is 7.21. The van der Waals surface area contributed by atoms with Crippen molar-refractivity contribution in [3.05, 3.63) is 10.9 Å². The lowest BCUT2D eigenvalue weighted by atomic mass is 10.0. The number of fused-ring (bicyclic) bond motifs is 1. The average Bonchev–Trinajstić information content (AvgIpc) is 3.02. The first-order valence-electron chi connectivity index (χ1n) is 6.39. The van der Waals surface area contributed by atoms with Gasteiger partial charge in [0.15, 0.2) is 0 Å². The molecule has 5 heteroatoms. The van der Waals surface area contributed by atoms with Crippen LogP contribution in [0, 0.1) is 12.3 Å². The van der Waals surface area contributed by atoms with Crippen molar-refractivity contribution >= 4 is 33.3 Å². The number of hydrogen-bond donors (Lipinski definition) is 2. The van der Waals surface area contributed by atoms with Crippen molar-refractivity contribution in [1.82, 2.24) is 9.97 Å². The maximum absolute atomic E-state index is 5.77. The predicted octanol–water partition coefficient (Wildman–Crippen LogP) is 3.18. The van der Waals surface area contributed by atoms with Crippen LogP contribution >= 0.6 is 11.3 Å².